The van der Waals surface area contributed by atoms with Gasteiger partial charge in [0.2, 0.25) is 0 Å². The first-order chi connectivity index (χ1) is 9.27. The van der Waals surface area contributed by atoms with E-state index in [0.29, 0.717) is 11.8 Å². The summed E-state index contributed by atoms with van der Waals surface area (Å²) in [6.45, 7) is 4.64. The minimum Gasteiger partial charge on any atom is -0.365 e. The molecule has 1 nitrogen and oxygen atoms in total. The topological polar surface area (TPSA) is 9.23 Å². The smallest absolute Gasteiger partial charge is 0.0868 e. The molecule has 0 saturated carbocycles. The number of rotatable bonds is 0. The van der Waals surface area contributed by atoms with Crippen molar-refractivity contribution in [3.63, 3.8) is 0 Å². The molecule has 0 amide bonds. The van der Waals surface area contributed by atoms with Crippen LogP contribution in [0.1, 0.15) is 37.2 Å². The molecular formula is C18H18O. The predicted molar refractivity (Wildman–Crippen MR) is 76.8 cm³/mol. The fourth-order valence-electron chi connectivity index (χ4n) is 3.65. The number of hydrogen-bond acceptors (Lipinski definition) is 1. The maximum absolute atomic E-state index is 6.40. The quantitative estimate of drug-likeness (QED) is 0.655. The fourth-order valence-corrected chi connectivity index (χ4v) is 3.65. The van der Waals surface area contributed by atoms with Gasteiger partial charge in [0.1, 0.15) is 0 Å². The molecule has 2 bridgehead atoms. The second kappa shape index (κ2) is 3.94. The van der Waals surface area contributed by atoms with Crippen molar-refractivity contribution >= 4 is 0 Å². The monoisotopic (exact) mass is 250 g/mol. The molecule has 0 N–H and O–H groups in total. The highest BCUT2D eigenvalue weighted by atomic mass is 16.5. The fraction of sp³-hybridized carbons (Fsp3) is 0.333. The van der Waals surface area contributed by atoms with Crippen LogP contribution in [0.15, 0.2) is 48.5 Å². The van der Waals surface area contributed by atoms with Crippen molar-refractivity contribution in [1.82, 2.24) is 0 Å². The molecular weight excluding hydrogens is 232 g/mol. The highest BCUT2D eigenvalue weighted by molar-refractivity contribution is 5.73. The van der Waals surface area contributed by atoms with Crippen LogP contribution in [0.5, 0.6) is 0 Å². The molecule has 0 aromatic heterocycles. The molecule has 1 saturated heterocycles. The van der Waals surface area contributed by atoms with Gasteiger partial charge >= 0.3 is 0 Å². The van der Waals surface area contributed by atoms with E-state index in [0.717, 1.165) is 0 Å². The minimum absolute atomic E-state index is 0.239. The molecule has 4 rings (SSSR count). The molecule has 0 radical (unpaired) electrons. The Morgan fingerprint density at radius 1 is 0.684 bits per heavy atom. The van der Waals surface area contributed by atoms with Crippen molar-refractivity contribution in [2.75, 3.05) is 0 Å². The Balaban J connectivity index is 2.04. The zero-order valence-electron chi connectivity index (χ0n) is 11.3. The standard InChI is InChI=1S/C18H18O/c1-11-12(2)18-16-10-6-4-8-14(16)13-7-3-5-9-15(13)17(11)19-18/h3-12,17-18H,1-2H3. The van der Waals surface area contributed by atoms with E-state index in [1.165, 1.54) is 22.3 Å². The van der Waals surface area contributed by atoms with Crippen molar-refractivity contribution in [3.8, 4) is 11.1 Å². The van der Waals surface area contributed by atoms with Gasteiger partial charge in [-0.05, 0) is 34.1 Å². The Labute approximate surface area is 114 Å². The summed E-state index contributed by atoms with van der Waals surface area (Å²) in [7, 11) is 0. The Hall–Kier alpha value is -1.60. The SMILES string of the molecule is CC1C2OC(c3ccccc3-c3ccccc32)C1C. The van der Waals surface area contributed by atoms with Gasteiger partial charge in [0.25, 0.3) is 0 Å². The average Bonchev–Trinajstić information content (AvgIpc) is 2.68. The van der Waals surface area contributed by atoms with E-state index in [-0.39, 0.29) is 12.2 Å². The highest BCUT2D eigenvalue weighted by Gasteiger charge is 2.44. The zero-order valence-corrected chi connectivity index (χ0v) is 11.3. The average molecular weight is 250 g/mol. The molecule has 96 valence electrons. The van der Waals surface area contributed by atoms with E-state index in [1.54, 1.807) is 0 Å². The second-order valence-electron chi connectivity index (χ2n) is 5.87. The molecule has 1 fully saturated rings. The Morgan fingerprint density at radius 3 is 1.58 bits per heavy atom. The molecule has 0 aliphatic carbocycles. The van der Waals surface area contributed by atoms with Crippen LogP contribution in [0.4, 0.5) is 0 Å². The third kappa shape index (κ3) is 1.45. The predicted octanol–water partition coefficient (Wildman–Crippen LogP) is 4.75. The molecule has 4 unspecified atom stereocenters. The summed E-state index contributed by atoms with van der Waals surface area (Å²) in [5.41, 5.74) is 5.41. The van der Waals surface area contributed by atoms with Gasteiger partial charge in [-0.1, -0.05) is 62.4 Å². The summed E-state index contributed by atoms with van der Waals surface area (Å²) in [4.78, 5) is 0. The summed E-state index contributed by atoms with van der Waals surface area (Å²) < 4.78 is 6.40. The van der Waals surface area contributed by atoms with Crippen molar-refractivity contribution < 1.29 is 4.74 Å². The molecule has 19 heavy (non-hydrogen) atoms. The van der Waals surface area contributed by atoms with Crippen LogP contribution >= 0.6 is 0 Å². The Bertz CT molecular complexity index is 576. The van der Waals surface area contributed by atoms with E-state index in [9.17, 15) is 0 Å². The summed E-state index contributed by atoms with van der Waals surface area (Å²) in [6, 6.07) is 17.4. The van der Waals surface area contributed by atoms with Gasteiger partial charge in [-0.2, -0.15) is 0 Å². The maximum Gasteiger partial charge on any atom is 0.0868 e. The van der Waals surface area contributed by atoms with Crippen LogP contribution in [-0.4, -0.2) is 0 Å². The van der Waals surface area contributed by atoms with Crippen LogP contribution in [0, 0.1) is 11.8 Å². The zero-order chi connectivity index (χ0) is 13.0. The summed E-state index contributed by atoms with van der Waals surface area (Å²) in [5, 5.41) is 0. The molecule has 1 heteroatoms. The molecule has 0 spiro atoms. The van der Waals surface area contributed by atoms with Crippen LogP contribution in [-0.2, 0) is 4.74 Å². The van der Waals surface area contributed by atoms with Crippen LogP contribution < -0.4 is 0 Å². The lowest BCUT2D eigenvalue weighted by molar-refractivity contribution is 0.0315. The first-order valence-electron chi connectivity index (χ1n) is 7.11. The van der Waals surface area contributed by atoms with E-state index >= 15 is 0 Å². The second-order valence-corrected chi connectivity index (χ2v) is 5.87. The Kier molecular flexibility index (Phi) is 2.33. The van der Waals surface area contributed by atoms with Gasteiger partial charge in [0.15, 0.2) is 0 Å². The van der Waals surface area contributed by atoms with Crippen molar-refractivity contribution in [2.24, 2.45) is 11.8 Å². The molecule has 2 aromatic carbocycles. The first-order valence-corrected chi connectivity index (χ1v) is 7.11. The minimum atomic E-state index is 0.239. The van der Waals surface area contributed by atoms with Crippen molar-refractivity contribution in [2.45, 2.75) is 26.1 Å². The lowest BCUT2D eigenvalue weighted by Crippen LogP contribution is -2.13. The largest absolute Gasteiger partial charge is 0.365 e. The molecule has 2 heterocycles. The molecule has 4 atom stereocenters. The summed E-state index contributed by atoms with van der Waals surface area (Å²) in [5.74, 6) is 1.14. The van der Waals surface area contributed by atoms with Gasteiger partial charge in [0.05, 0.1) is 12.2 Å². The third-order valence-corrected chi connectivity index (χ3v) is 4.90. The van der Waals surface area contributed by atoms with E-state index in [2.05, 4.69) is 62.4 Å². The third-order valence-electron chi connectivity index (χ3n) is 4.90. The van der Waals surface area contributed by atoms with E-state index in [1.807, 2.05) is 0 Å². The molecule has 2 aromatic rings. The lowest BCUT2D eigenvalue weighted by atomic mass is 9.79. The number of benzene rings is 2. The van der Waals surface area contributed by atoms with Gasteiger partial charge in [-0.15, -0.1) is 0 Å². The van der Waals surface area contributed by atoms with Crippen molar-refractivity contribution in [1.29, 1.82) is 0 Å². The lowest BCUT2D eigenvalue weighted by Gasteiger charge is -2.23. The number of fused-ring (bicyclic) bond motifs is 7. The number of ether oxygens (including phenoxy) is 1. The summed E-state index contributed by atoms with van der Waals surface area (Å²) in [6.07, 6.45) is 0.479. The van der Waals surface area contributed by atoms with Gasteiger partial charge in [-0.25, -0.2) is 0 Å². The number of hydrogen-bond donors (Lipinski definition) is 0. The van der Waals surface area contributed by atoms with Gasteiger partial charge < -0.3 is 4.74 Å². The van der Waals surface area contributed by atoms with Crippen LogP contribution in [0.25, 0.3) is 11.1 Å². The highest BCUT2D eigenvalue weighted by Crippen LogP contribution is 2.55. The summed E-state index contributed by atoms with van der Waals surface area (Å²) >= 11 is 0. The molecule has 2 aliphatic heterocycles. The van der Waals surface area contributed by atoms with Crippen LogP contribution in [0.2, 0.25) is 0 Å². The van der Waals surface area contributed by atoms with Crippen molar-refractivity contribution in [3.05, 3.63) is 59.7 Å². The van der Waals surface area contributed by atoms with Gasteiger partial charge in [0, 0.05) is 0 Å². The van der Waals surface area contributed by atoms with Gasteiger partial charge in [-0.3, -0.25) is 0 Å². The van der Waals surface area contributed by atoms with E-state index in [4.69, 9.17) is 4.74 Å². The first kappa shape index (κ1) is 11.2. The Morgan fingerprint density at radius 2 is 1.11 bits per heavy atom. The maximum atomic E-state index is 6.40. The normalized spacial score (nSPS) is 31.5. The van der Waals surface area contributed by atoms with E-state index < -0.39 is 0 Å². The molecule has 2 aliphatic rings. The van der Waals surface area contributed by atoms with Crippen LogP contribution in [0.3, 0.4) is 0 Å².